The maximum absolute atomic E-state index is 12.3. The largest absolute Gasteiger partial charge is 0.392 e. The molecular weight excluding hydrogens is 292 g/mol. The normalized spacial score (nSPS) is 13.1. The van der Waals surface area contributed by atoms with E-state index in [-0.39, 0.29) is 9.88 Å². The first-order valence-electron chi connectivity index (χ1n) is 6.81. The highest BCUT2D eigenvalue weighted by Gasteiger charge is 2.21. The minimum atomic E-state index is -3.58. The Kier molecular flexibility index (Phi) is 6.58. The van der Waals surface area contributed by atoms with Gasteiger partial charge in [-0.05, 0) is 30.5 Å². The van der Waals surface area contributed by atoms with Gasteiger partial charge in [0, 0.05) is 0 Å². The second kappa shape index (κ2) is 7.71. The summed E-state index contributed by atoms with van der Waals surface area (Å²) in [6, 6.07) is 6.43. The van der Waals surface area contributed by atoms with E-state index >= 15 is 0 Å². The van der Waals surface area contributed by atoms with Crippen LogP contribution in [0, 0.1) is 0 Å². The molecule has 0 fully saturated rings. The monoisotopic (exact) mass is 314 g/mol. The van der Waals surface area contributed by atoms with Crippen molar-refractivity contribution in [3.05, 3.63) is 29.8 Å². The first-order valence-corrected chi connectivity index (χ1v) is 8.70. The summed E-state index contributed by atoms with van der Waals surface area (Å²) in [5.74, 6) is 0. The Morgan fingerprint density at radius 3 is 2.30 bits per heavy atom. The Morgan fingerprint density at radius 1 is 1.25 bits per heavy atom. The Hall–Kier alpha value is -0.980. The van der Waals surface area contributed by atoms with E-state index in [4.69, 9.17) is 18.0 Å². The van der Waals surface area contributed by atoms with Gasteiger partial charge in [-0.25, -0.2) is 13.1 Å². The van der Waals surface area contributed by atoms with Crippen molar-refractivity contribution in [3.8, 4) is 0 Å². The average Bonchev–Trinajstić information content (AvgIpc) is 2.39. The van der Waals surface area contributed by atoms with Crippen LogP contribution in [0.2, 0.25) is 0 Å². The lowest BCUT2D eigenvalue weighted by Crippen LogP contribution is -2.43. The van der Waals surface area contributed by atoms with E-state index in [0.717, 1.165) is 24.8 Å². The third kappa shape index (κ3) is 4.85. The summed E-state index contributed by atoms with van der Waals surface area (Å²) in [7, 11) is -3.58. The molecule has 1 unspecified atom stereocenters. The van der Waals surface area contributed by atoms with Gasteiger partial charge >= 0.3 is 0 Å². The summed E-state index contributed by atoms with van der Waals surface area (Å²) in [5.41, 5.74) is 6.71. The average molecular weight is 314 g/mol. The first-order chi connectivity index (χ1) is 9.40. The zero-order valence-electron chi connectivity index (χ0n) is 11.9. The van der Waals surface area contributed by atoms with Crippen molar-refractivity contribution in [2.75, 3.05) is 0 Å². The molecule has 0 bridgehead atoms. The molecule has 0 amide bonds. The van der Waals surface area contributed by atoms with Crippen molar-refractivity contribution in [1.82, 2.24) is 4.72 Å². The van der Waals surface area contributed by atoms with Crippen LogP contribution in [0.5, 0.6) is 0 Å². The third-order valence-corrected chi connectivity index (χ3v) is 4.76. The number of benzene rings is 1. The van der Waals surface area contributed by atoms with Gasteiger partial charge in [-0.1, -0.05) is 51.0 Å². The maximum atomic E-state index is 12.3. The number of nitrogens with two attached hydrogens (primary N) is 1. The molecule has 3 N–H and O–H groups in total. The van der Waals surface area contributed by atoms with E-state index in [1.165, 1.54) is 0 Å². The van der Waals surface area contributed by atoms with Gasteiger partial charge in [-0.15, -0.1) is 0 Å². The topological polar surface area (TPSA) is 72.2 Å². The summed E-state index contributed by atoms with van der Waals surface area (Å²) in [6.07, 6.45) is 3.38. The van der Waals surface area contributed by atoms with Crippen molar-refractivity contribution in [2.45, 2.75) is 50.5 Å². The van der Waals surface area contributed by atoms with Crippen molar-refractivity contribution in [1.29, 1.82) is 0 Å². The van der Waals surface area contributed by atoms with Crippen LogP contribution in [0.3, 0.4) is 0 Å². The molecule has 1 atom stereocenters. The predicted octanol–water partition coefficient (Wildman–Crippen LogP) is 2.37. The molecule has 1 aromatic carbocycles. The quantitative estimate of drug-likeness (QED) is 0.723. The fourth-order valence-electron chi connectivity index (χ4n) is 1.93. The molecule has 1 aromatic rings. The molecule has 6 heteroatoms. The van der Waals surface area contributed by atoms with Gasteiger partial charge in [0.25, 0.3) is 0 Å². The number of hydrogen-bond acceptors (Lipinski definition) is 3. The Morgan fingerprint density at radius 2 is 1.85 bits per heavy atom. The highest BCUT2D eigenvalue weighted by molar-refractivity contribution is 7.89. The summed E-state index contributed by atoms with van der Waals surface area (Å²) in [5, 5.41) is 0. The fourth-order valence-corrected chi connectivity index (χ4v) is 3.43. The molecule has 0 aliphatic rings. The molecule has 20 heavy (non-hydrogen) atoms. The number of rotatable bonds is 8. The van der Waals surface area contributed by atoms with Gasteiger partial charge in [0.15, 0.2) is 0 Å². The smallest absolute Gasteiger partial charge is 0.241 e. The Bertz CT molecular complexity index is 539. The van der Waals surface area contributed by atoms with Gasteiger partial charge in [0.1, 0.15) is 0 Å². The van der Waals surface area contributed by atoms with Gasteiger partial charge in [0.2, 0.25) is 10.0 Å². The summed E-state index contributed by atoms with van der Waals surface area (Å²) >= 11 is 4.91. The molecule has 0 aliphatic carbocycles. The molecule has 0 radical (unpaired) electrons. The molecule has 0 aromatic heterocycles. The summed E-state index contributed by atoms with van der Waals surface area (Å²) in [4.78, 5) is 0.424. The maximum Gasteiger partial charge on any atom is 0.241 e. The van der Waals surface area contributed by atoms with E-state index in [1.54, 1.807) is 12.1 Å². The van der Waals surface area contributed by atoms with Crippen molar-refractivity contribution >= 4 is 27.2 Å². The van der Waals surface area contributed by atoms with Crippen LogP contribution in [0.4, 0.5) is 0 Å². The number of hydrogen-bond donors (Lipinski definition) is 2. The number of sulfonamides is 1. The van der Waals surface area contributed by atoms with E-state index in [2.05, 4.69) is 11.6 Å². The standard InChI is InChI=1S/C14H22N2O2S2/c1-3-5-11-7-9-12(10-8-11)20(17,18)16-13(6-4-2)14(15)19/h7-10,13,16H,3-6H2,1-2H3,(H2,15,19). The highest BCUT2D eigenvalue weighted by atomic mass is 32.2. The molecule has 0 saturated carbocycles. The van der Waals surface area contributed by atoms with Crippen LogP contribution in [0.25, 0.3) is 0 Å². The highest BCUT2D eigenvalue weighted by Crippen LogP contribution is 2.13. The van der Waals surface area contributed by atoms with Gasteiger partial charge in [-0.2, -0.15) is 0 Å². The Labute approximate surface area is 126 Å². The molecular formula is C14H22N2O2S2. The van der Waals surface area contributed by atoms with Gasteiger partial charge < -0.3 is 5.73 Å². The molecule has 0 heterocycles. The Balaban J connectivity index is 2.89. The van der Waals surface area contributed by atoms with Gasteiger partial charge in [-0.3, -0.25) is 0 Å². The van der Waals surface area contributed by atoms with E-state index in [9.17, 15) is 8.42 Å². The van der Waals surface area contributed by atoms with Crippen LogP contribution < -0.4 is 10.5 Å². The lowest BCUT2D eigenvalue weighted by molar-refractivity contribution is 0.567. The lowest BCUT2D eigenvalue weighted by atomic mass is 10.1. The molecule has 0 saturated heterocycles. The fraction of sp³-hybridized carbons (Fsp3) is 0.500. The minimum absolute atomic E-state index is 0.179. The molecule has 112 valence electrons. The van der Waals surface area contributed by atoms with Gasteiger partial charge in [0.05, 0.1) is 15.9 Å². The second-order valence-corrected chi connectivity index (χ2v) is 6.94. The van der Waals surface area contributed by atoms with Crippen LogP contribution in [0.1, 0.15) is 38.7 Å². The second-order valence-electron chi connectivity index (χ2n) is 4.76. The number of aryl methyl sites for hydroxylation is 1. The van der Waals surface area contributed by atoms with E-state index in [1.807, 2.05) is 19.1 Å². The molecule has 4 nitrogen and oxygen atoms in total. The predicted molar refractivity (Wildman–Crippen MR) is 86.2 cm³/mol. The zero-order chi connectivity index (χ0) is 15.2. The zero-order valence-corrected chi connectivity index (χ0v) is 13.6. The molecule has 0 aliphatic heterocycles. The van der Waals surface area contributed by atoms with E-state index in [0.29, 0.717) is 6.42 Å². The summed E-state index contributed by atoms with van der Waals surface area (Å²) < 4.78 is 27.1. The third-order valence-electron chi connectivity index (χ3n) is 2.99. The number of nitrogens with one attached hydrogen (secondary N) is 1. The van der Waals surface area contributed by atoms with E-state index < -0.39 is 16.1 Å². The van der Waals surface area contributed by atoms with Crippen LogP contribution >= 0.6 is 12.2 Å². The molecule has 1 rings (SSSR count). The summed E-state index contributed by atoms with van der Waals surface area (Å²) in [6.45, 7) is 4.04. The van der Waals surface area contributed by atoms with Crippen molar-refractivity contribution in [3.63, 3.8) is 0 Å². The van der Waals surface area contributed by atoms with Crippen LogP contribution in [0.15, 0.2) is 29.2 Å². The van der Waals surface area contributed by atoms with Crippen LogP contribution in [-0.2, 0) is 16.4 Å². The van der Waals surface area contributed by atoms with Crippen LogP contribution in [-0.4, -0.2) is 19.4 Å². The molecule has 0 spiro atoms. The number of thiocarbonyl (C=S) groups is 1. The first kappa shape index (κ1) is 17.1. The van der Waals surface area contributed by atoms with Crippen molar-refractivity contribution in [2.24, 2.45) is 5.73 Å². The minimum Gasteiger partial charge on any atom is -0.392 e. The lowest BCUT2D eigenvalue weighted by Gasteiger charge is -2.16. The SMILES string of the molecule is CCCc1ccc(S(=O)(=O)NC(CCC)C(N)=S)cc1. The van der Waals surface area contributed by atoms with Crippen molar-refractivity contribution < 1.29 is 8.42 Å².